The van der Waals surface area contributed by atoms with Crippen LogP contribution in [-0.4, -0.2) is 30.5 Å². The molecule has 1 heterocycles. The van der Waals surface area contributed by atoms with Crippen LogP contribution >= 0.6 is 0 Å². The van der Waals surface area contributed by atoms with Gasteiger partial charge in [-0.2, -0.15) is 0 Å². The third-order valence-electron chi connectivity index (χ3n) is 4.99. The lowest BCUT2D eigenvalue weighted by Crippen LogP contribution is -2.15. The number of nitrogens with zero attached hydrogens (tertiary/aromatic N) is 1. The van der Waals surface area contributed by atoms with Gasteiger partial charge in [-0.3, -0.25) is 4.79 Å². The van der Waals surface area contributed by atoms with Gasteiger partial charge in [-0.05, 0) is 44.0 Å². The summed E-state index contributed by atoms with van der Waals surface area (Å²) >= 11 is 0. The van der Waals surface area contributed by atoms with E-state index in [1.54, 1.807) is 14.0 Å². The third-order valence-corrected chi connectivity index (χ3v) is 4.99. The van der Waals surface area contributed by atoms with Gasteiger partial charge < -0.3 is 14.0 Å². The average Bonchev–Trinajstić information content (AvgIpc) is 3.01. The molecule has 0 unspecified atom stereocenters. The highest BCUT2D eigenvalue weighted by Gasteiger charge is 2.27. The van der Waals surface area contributed by atoms with Gasteiger partial charge in [0.2, 0.25) is 0 Å². The maximum Gasteiger partial charge on any atom is 0.355 e. The predicted molar refractivity (Wildman–Crippen MR) is 113 cm³/mol. The minimum Gasteiger partial charge on any atom is -0.497 e. The molecule has 0 fully saturated rings. The number of hydrogen-bond acceptors (Lipinski definition) is 4. The highest BCUT2D eigenvalue weighted by molar-refractivity contribution is 6.03. The number of carbonyl (C=O) groups is 2. The van der Waals surface area contributed by atoms with Crippen LogP contribution in [0.3, 0.4) is 0 Å². The van der Waals surface area contributed by atoms with E-state index in [1.165, 1.54) is 0 Å². The molecule has 150 valence electrons. The Morgan fingerprint density at radius 3 is 2.24 bits per heavy atom. The van der Waals surface area contributed by atoms with Crippen LogP contribution in [0.1, 0.15) is 44.6 Å². The predicted octanol–water partition coefficient (Wildman–Crippen LogP) is 4.82. The van der Waals surface area contributed by atoms with Crippen molar-refractivity contribution in [2.75, 3.05) is 13.7 Å². The van der Waals surface area contributed by atoms with Crippen molar-refractivity contribution in [1.29, 1.82) is 0 Å². The van der Waals surface area contributed by atoms with Gasteiger partial charge in [0.25, 0.3) is 0 Å². The minimum atomic E-state index is -0.496. The molecule has 0 aliphatic heterocycles. The maximum atomic E-state index is 12.8. The zero-order valence-corrected chi connectivity index (χ0v) is 17.2. The molecule has 0 saturated carbocycles. The van der Waals surface area contributed by atoms with Crippen molar-refractivity contribution in [3.05, 3.63) is 76.6 Å². The zero-order chi connectivity index (χ0) is 21.0. The molecule has 3 rings (SSSR count). The van der Waals surface area contributed by atoms with E-state index < -0.39 is 5.97 Å². The van der Waals surface area contributed by atoms with Crippen LogP contribution in [0.2, 0.25) is 0 Å². The molecule has 0 spiro atoms. The van der Waals surface area contributed by atoms with Gasteiger partial charge >= 0.3 is 5.97 Å². The Labute approximate surface area is 170 Å². The fourth-order valence-corrected chi connectivity index (χ4v) is 3.49. The van der Waals surface area contributed by atoms with Crippen LogP contribution in [0, 0.1) is 13.8 Å². The molecular formula is C24H25NO4. The summed E-state index contributed by atoms with van der Waals surface area (Å²) in [5.41, 5.74) is 5.25. The number of carbonyl (C=O) groups excluding carboxylic acids is 2. The van der Waals surface area contributed by atoms with E-state index in [-0.39, 0.29) is 12.3 Å². The van der Waals surface area contributed by atoms with Crippen molar-refractivity contribution < 1.29 is 19.1 Å². The first-order valence-electron chi connectivity index (χ1n) is 9.55. The second-order valence-corrected chi connectivity index (χ2v) is 6.86. The van der Waals surface area contributed by atoms with Gasteiger partial charge in [-0.25, -0.2) is 4.79 Å². The van der Waals surface area contributed by atoms with Crippen LogP contribution < -0.4 is 4.74 Å². The summed E-state index contributed by atoms with van der Waals surface area (Å²) in [7, 11) is 1.61. The van der Waals surface area contributed by atoms with E-state index in [9.17, 15) is 9.59 Å². The first-order chi connectivity index (χ1) is 14.0. The molecule has 0 radical (unpaired) electrons. The van der Waals surface area contributed by atoms with E-state index in [0.29, 0.717) is 12.1 Å². The van der Waals surface area contributed by atoms with Gasteiger partial charge in [-0.1, -0.05) is 42.0 Å². The van der Waals surface area contributed by atoms with Gasteiger partial charge in [-0.15, -0.1) is 0 Å². The number of aldehydes is 1. The monoisotopic (exact) mass is 391 g/mol. The van der Waals surface area contributed by atoms with E-state index in [2.05, 4.69) is 0 Å². The van der Waals surface area contributed by atoms with Crippen molar-refractivity contribution in [2.45, 2.75) is 27.3 Å². The summed E-state index contributed by atoms with van der Waals surface area (Å²) < 4.78 is 12.4. The minimum absolute atomic E-state index is 0.240. The normalized spacial score (nSPS) is 10.6. The number of aryl methyl sites for hydroxylation is 1. The smallest absolute Gasteiger partial charge is 0.355 e. The zero-order valence-electron chi connectivity index (χ0n) is 17.2. The number of hydrogen-bond donors (Lipinski definition) is 0. The largest absolute Gasteiger partial charge is 0.497 e. The van der Waals surface area contributed by atoms with E-state index in [4.69, 9.17) is 9.47 Å². The number of rotatable bonds is 7. The highest BCUT2D eigenvalue weighted by Crippen LogP contribution is 2.33. The first-order valence-corrected chi connectivity index (χ1v) is 9.55. The number of methoxy groups -OCH3 is 1. The number of ether oxygens (including phenoxy) is 2. The lowest BCUT2D eigenvalue weighted by Gasteiger charge is -2.12. The first kappa shape index (κ1) is 20.4. The molecule has 0 N–H and O–H groups in total. The second-order valence-electron chi connectivity index (χ2n) is 6.86. The average molecular weight is 391 g/mol. The molecule has 0 aliphatic rings. The summed E-state index contributed by atoms with van der Waals surface area (Å²) in [4.78, 5) is 24.8. The Morgan fingerprint density at radius 2 is 1.69 bits per heavy atom. The molecule has 2 aromatic carbocycles. The Hall–Kier alpha value is -3.34. The Morgan fingerprint density at radius 1 is 1.03 bits per heavy atom. The lowest BCUT2D eigenvalue weighted by atomic mass is 10.0. The molecule has 5 heteroatoms. The fourth-order valence-electron chi connectivity index (χ4n) is 3.49. The summed E-state index contributed by atoms with van der Waals surface area (Å²) in [6, 6.07) is 15.6. The van der Waals surface area contributed by atoms with Crippen molar-refractivity contribution in [3.63, 3.8) is 0 Å². The summed E-state index contributed by atoms with van der Waals surface area (Å²) in [5.74, 6) is 0.230. The highest BCUT2D eigenvalue weighted by atomic mass is 16.5. The molecule has 5 nitrogen and oxygen atoms in total. The summed E-state index contributed by atoms with van der Waals surface area (Å²) in [5, 5.41) is 0. The van der Waals surface area contributed by atoms with Gasteiger partial charge in [0.05, 0.1) is 19.3 Å². The molecule has 1 aromatic heterocycles. The van der Waals surface area contributed by atoms with Gasteiger partial charge in [0, 0.05) is 17.8 Å². The number of benzene rings is 2. The number of esters is 1. The van der Waals surface area contributed by atoms with Crippen LogP contribution in [-0.2, 0) is 11.3 Å². The molecule has 0 bridgehead atoms. The Bertz CT molecular complexity index is 1010. The molecule has 0 atom stereocenters. The SMILES string of the molecule is CCOC(=O)c1c(C=O)c(-c2ccc(OC)cc2)c(C)n1Cc1ccc(C)cc1. The molecule has 0 aliphatic carbocycles. The number of aromatic nitrogens is 1. The van der Waals surface area contributed by atoms with E-state index >= 15 is 0 Å². The third kappa shape index (κ3) is 4.09. The molecule has 0 saturated heterocycles. The van der Waals surface area contributed by atoms with Crippen molar-refractivity contribution >= 4 is 12.3 Å². The molecule has 29 heavy (non-hydrogen) atoms. The van der Waals surface area contributed by atoms with Crippen LogP contribution in [0.15, 0.2) is 48.5 Å². The fraction of sp³-hybridized carbons (Fsp3) is 0.250. The molecule has 3 aromatic rings. The van der Waals surface area contributed by atoms with E-state index in [1.807, 2.05) is 66.9 Å². The second kappa shape index (κ2) is 8.78. The van der Waals surface area contributed by atoms with Crippen molar-refractivity contribution in [2.24, 2.45) is 0 Å². The van der Waals surface area contributed by atoms with Crippen molar-refractivity contribution in [1.82, 2.24) is 4.57 Å². The van der Waals surface area contributed by atoms with E-state index in [0.717, 1.165) is 40.0 Å². The quantitative estimate of drug-likeness (QED) is 0.428. The lowest BCUT2D eigenvalue weighted by molar-refractivity contribution is 0.0512. The topological polar surface area (TPSA) is 57.5 Å². The maximum absolute atomic E-state index is 12.8. The van der Waals surface area contributed by atoms with Gasteiger partial charge in [0.15, 0.2) is 6.29 Å². The van der Waals surface area contributed by atoms with Crippen LogP contribution in [0.25, 0.3) is 11.1 Å². The van der Waals surface area contributed by atoms with Crippen LogP contribution in [0.5, 0.6) is 5.75 Å². The van der Waals surface area contributed by atoms with Crippen molar-refractivity contribution in [3.8, 4) is 16.9 Å². The summed E-state index contributed by atoms with van der Waals surface area (Å²) in [6.07, 6.45) is 0.741. The Balaban J connectivity index is 2.19. The molecule has 0 amide bonds. The molecular weight excluding hydrogens is 366 g/mol. The van der Waals surface area contributed by atoms with Gasteiger partial charge in [0.1, 0.15) is 11.4 Å². The summed E-state index contributed by atoms with van der Waals surface area (Å²) in [6.45, 7) is 6.41. The standard InChI is InChI=1S/C24H25NO4/c1-5-29-24(27)23-21(15-26)22(19-10-12-20(28-4)13-11-19)17(3)25(23)14-18-8-6-16(2)7-9-18/h6-13,15H,5,14H2,1-4H3. The van der Waals surface area contributed by atoms with Crippen LogP contribution in [0.4, 0.5) is 0 Å². The Kier molecular flexibility index (Phi) is 6.17.